The third-order valence-corrected chi connectivity index (χ3v) is 4.54. The number of imidazole rings is 1. The topological polar surface area (TPSA) is 49.2 Å². The van der Waals surface area contributed by atoms with Gasteiger partial charge in [-0.1, -0.05) is 36.4 Å². The minimum absolute atomic E-state index is 0.483. The zero-order valence-corrected chi connectivity index (χ0v) is 13.8. The first-order chi connectivity index (χ1) is 12.0. The van der Waals surface area contributed by atoms with Crippen LogP contribution in [0.5, 0.6) is 5.88 Å². The fraction of sp³-hybridized carbons (Fsp3) is 0.100. The van der Waals surface area contributed by atoms with Crippen LogP contribution in [0.2, 0.25) is 0 Å². The predicted molar refractivity (Wildman–Crippen MR) is 90.8 cm³/mol. The van der Waals surface area contributed by atoms with Crippen molar-refractivity contribution in [2.75, 3.05) is 0 Å². The molecule has 0 radical (unpaired) electrons. The monoisotopic (exact) mass is 334 g/mol. The zero-order valence-electron chi connectivity index (χ0n) is 13.8. The summed E-state index contributed by atoms with van der Waals surface area (Å²) in [5.74, 6) is -0.652. The number of benzene rings is 2. The number of halogens is 1. The predicted octanol–water partition coefficient (Wildman–Crippen LogP) is 3.17. The smallest absolute Gasteiger partial charge is 0.374 e. The lowest BCUT2D eigenvalue weighted by molar-refractivity contribution is -0.515. The minimum atomic E-state index is -1.74. The van der Waals surface area contributed by atoms with E-state index in [1.165, 1.54) is 8.97 Å². The molecule has 5 heteroatoms. The highest BCUT2D eigenvalue weighted by molar-refractivity contribution is 5.95. The minimum Gasteiger partial charge on any atom is -0.839 e. The van der Waals surface area contributed by atoms with E-state index in [0.717, 1.165) is 21.9 Å². The van der Waals surface area contributed by atoms with Gasteiger partial charge < -0.3 is 5.11 Å². The van der Waals surface area contributed by atoms with Gasteiger partial charge in [-0.3, -0.25) is 4.79 Å². The maximum atomic E-state index is 13.7. The third-order valence-electron chi connectivity index (χ3n) is 4.54. The average Bonchev–Trinajstić information content (AvgIpc) is 2.88. The van der Waals surface area contributed by atoms with E-state index in [0.29, 0.717) is 11.3 Å². The molecule has 0 aliphatic rings. The Hall–Kier alpha value is -3.21. The molecular formula is C20H15FN2O2. The Balaban J connectivity index is 2.30. The van der Waals surface area contributed by atoms with Crippen molar-refractivity contribution in [2.45, 2.75) is 13.8 Å². The molecule has 124 valence electrons. The number of para-hydroxylation sites is 1. The molecule has 4 aromatic rings. The summed E-state index contributed by atoms with van der Waals surface area (Å²) in [5, 5.41) is 14.6. The Labute approximate surface area is 143 Å². The highest BCUT2D eigenvalue weighted by Crippen LogP contribution is 2.30. The number of aryl methyl sites for hydroxylation is 2. The van der Waals surface area contributed by atoms with Crippen molar-refractivity contribution in [3.63, 3.8) is 0 Å². The number of nitrogens with zero attached hydrogens (tertiary/aromatic N) is 2. The maximum Gasteiger partial charge on any atom is 0.374 e. The zero-order chi connectivity index (χ0) is 17.7. The molecule has 0 N–H and O–H groups in total. The second-order valence-corrected chi connectivity index (χ2v) is 6.10. The Morgan fingerprint density at radius 3 is 2.40 bits per heavy atom. The van der Waals surface area contributed by atoms with E-state index in [1.807, 2.05) is 56.3 Å². The molecule has 2 aromatic heterocycles. The molecule has 2 aromatic carbocycles. The lowest BCUT2D eigenvalue weighted by Gasteiger charge is -2.11. The molecule has 2 heterocycles. The van der Waals surface area contributed by atoms with Gasteiger partial charge in [0.25, 0.3) is 5.65 Å². The van der Waals surface area contributed by atoms with E-state index in [-0.39, 0.29) is 0 Å². The van der Waals surface area contributed by atoms with Crippen LogP contribution in [0.25, 0.3) is 22.1 Å². The molecule has 4 rings (SSSR count). The number of carbonyl (C=O) groups excluding carboxylic acids is 1. The fourth-order valence-corrected chi connectivity index (χ4v) is 3.46. The molecule has 0 fully saturated rings. The first kappa shape index (κ1) is 15.3. The molecule has 0 spiro atoms. The number of pyridine rings is 1. The molecule has 0 saturated carbocycles. The van der Waals surface area contributed by atoms with E-state index in [2.05, 4.69) is 0 Å². The van der Waals surface area contributed by atoms with Crippen LogP contribution >= 0.6 is 0 Å². The first-order valence-electron chi connectivity index (χ1n) is 7.92. The summed E-state index contributed by atoms with van der Waals surface area (Å²) < 4.78 is 16.5. The molecule has 4 nitrogen and oxygen atoms in total. The van der Waals surface area contributed by atoms with Gasteiger partial charge in [-0.2, -0.15) is 13.4 Å². The van der Waals surface area contributed by atoms with Gasteiger partial charge in [0.05, 0.1) is 11.6 Å². The van der Waals surface area contributed by atoms with Gasteiger partial charge in [0.2, 0.25) is 5.69 Å². The number of carbonyl (C=O) groups is 1. The van der Waals surface area contributed by atoms with Crippen molar-refractivity contribution in [1.82, 2.24) is 4.57 Å². The second kappa shape index (κ2) is 5.41. The summed E-state index contributed by atoms with van der Waals surface area (Å²) in [7, 11) is 0. The number of hydrogen-bond acceptors (Lipinski definition) is 2. The molecular weight excluding hydrogens is 319 g/mol. The summed E-state index contributed by atoms with van der Waals surface area (Å²) in [5.41, 5.74) is 2.43. The summed E-state index contributed by atoms with van der Waals surface area (Å²) >= 11 is 0. The molecule has 0 aliphatic heterocycles. The van der Waals surface area contributed by atoms with E-state index in [4.69, 9.17) is 0 Å². The van der Waals surface area contributed by atoms with Crippen LogP contribution in [0.4, 0.5) is 4.39 Å². The van der Waals surface area contributed by atoms with Crippen LogP contribution in [-0.2, 0) is 0 Å². The number of hydrogen-bond donors (Lipinski definition) is 0. The first-order valence-corrected chi connectivity index (χ1v) is 7.92. The van der Waals surface area contributed by atoms with Crippen LogP contribution < -0.4 is 9.51 Å². The summed E-state index contributed by atoms with van der Waals surface area (Å²) in [6, 6.07) is 13.2. The van der Waals surface area contributed by atoms with Gasteiger partial charge >= 0.3 is 6.04 Å². The number of fused-ring (bicyclic) bond motifs is 3. The standard InChI is InChI=1S/C20H15FN2O2/c1-12-6-5-7-13(2)16(12)23-19-15-9-4-3-8-14(15)10-11-22(19)17(18(21)24)20(23)25/h3-11H,1-2H3. The molecule has 0 atom stereocenters. The molecule has 0 unspecified atom stereocenters. The van der Waals surface area contributed by atoms with Crippen molar-refractivity contribution < 1.29 is 18.7 Å². The molecule has 0 aliphatic carbocycles. The Bertz CT molecular complexity index is 1140. The quantitative estimate of drug-likeness (QED) is 0.418. The molecule has 25 heavy (non-hydrogen) atoms. The van der Waals surface area contributed by atoms with Crippen LogP contribution in [0, 0.1) is 13.8 Å². The largest absolute Gasteiger partial charge is 0.839 e. The molecule has 0 bridgehead atoms. The lowest BCUT2D eigenvalue weighted by Crippen LogP contribution is -2.26. The van der Waals surface area contributed by atoms with Gasteiger partial charge in [0.1, 0.15) is 11.6 Å². The van der Waals surface area contributed by atoms with E-state index >= 15 is 0 Å². The summed E-state index contributed by atoms with van der Waals surface area (Å²) in [4.78, 5) is 11.5. The van der Waals surface area contributed by atoms with Crippen molar-refractivity contribution in [2.24, 2.45) is 0 Å². The van der Waals surface area contributed by atoms with Gasteiger partial charge in [0, 0.05) is 0 Å². The Kier molecular flexibility index (Phi) is 3.32. The Morgan fingerprint density at radius 2 is 1.72 bits per heavy atom. The van der Waals surface area contributed by atoms with Gasteiger partial charge in [-0.25, -0.2) is 0 Å². The second-order valence-electron chi connectivity index (χ2n) is 6.10. The lowest BCUT2D eigenvalue weighted by atomic mass is 10.1. The van der Waals surface area contributed by atoms with Crippen molar-refractivity contribution >= 4 is 22.5 Å². The number of rotatable bonds is 2. The van der Waals surface area contributed by atoms with E-state index < -0.39 is 17.6 Å². The molecule has 0 amide bonds. The van der Waals surface area contributed by atoms with Crippen LogP contribution in [-0.4, -0.2) is 10.6 Å². The SMILES string of the molecule is Cc1cccc(C)c1-n1c([O-])c(C(=O)F)[n+]2ccc3ccccc3c12. The normalized spacial score (nSPS) is 11.3. The summed E-state index contributed by atoms with van der Waals surface area (Å²) in [6.45, 7) is 3.78. The van der Waals surface area contributed by atoms with Gasteiger partial charge in [-0.15, -0.1) is 0 Å². The van der Waals surface area contributed by atoms with Gasteiger partial charge in [0.15, 0.2) is 0 Å². The Morgan fingerprint density at radius 1 is 1.04 bits per heavy atom. The number of aromatic nitrogens is 2. The van der Waals surface area contributed by atoms with E-state index in [1.54, 1.807) is 12.3 Å². The average molecular weight is 334 g/mol. The third kappa shape index (κ3) is 2.12. The van der Waals surface area contributed by atoms with Crippen molar-refractivity contribution in [3.05, 3.63) is 71.5 Å². The van der Waals surface area contributed by atoms with E-state index in [9.17, 15) is 14.3 Å². The molecule has 0 saturated heterocycles. The maximum absolute atomic E-state index is 13.7. The summed E-state index contributed by atoms with van der Waals surface area (Å²) in [6.07, 6.45) is 1.57. The van der Waals surface area contributed by atoms with Crippen LogP contribution in [0.15, 0.2) is 54.7 Å². The van der Waals surface area contributed by atoms with Gasteiger partial charge in [-0.05, 0) is 42.5 Å². The van der Waals surface area contributed by atoms with Crippen molar-refractivity contribution in [3.8, 4) is 11.6 Å². The highest BCUT2D eigenvalue weighted by atomic mass is 19.1. The van der Waals surface area contributed by atoms with Crippen LogP contribution in [0.3, 0.4) is 0 Å². The van der Waals surface area contributed by atoms with Crippen molar-refractivity contribution in [1.29, 1.82) is 0 Å². The van der Waals surface area contributed by atoms with Crippen LogP contribution in [0.1, 0.15) is 21.6 Å². The highest BCUT2D eigenvalue weighted by Gasteiger charge is 2.29. The fourth-order valence-electron chi connectivity index (χ4n) is 3.46.